The van der Waals surface area contributed by atoms with Crippen molar-refractivity contribution in [1.82, 2.24) is 4.90 Å². The zero-order chi connectivity index (χ0) is 14.0. The van der Waals surface area contributed by atoms with Gasteiger partial charge in [0.25, 0.3) is 5.24 Å². The molecule has 1 aliphatic heterocycles. The molecule has 0 radical (unpaired) electrons. The molecule has 0 saturated carbocycles. The van der Waals surface area contributed by atoms with Gasteiger partial charge in [0.2, 0.25) is 5.91 Å². The molecule has 1 heterocycles. The van der Waals surface area contributed by atoms with E-state index >= 15 is 0 Å². The number of hydrogen-bond acceptors (Lipinski definition) is 5. The van der Waals surface area contributed by atoms with Gasteiger partial charge in [-0.05, 0) is 11.6 Å². The van der Waals surface area contributed by atoms with Gasteiger partial charge in [0.15, 0.2) is 0 Å². The van der Waals surface area contributed by atoms with Crippen LogP contribution in [0.4, 0.5) is 10.5 Å². The molecule has 3 N–H and O–H groups in total. The summed E-state index contributed by atoms with van der Waals surface area (Å²) < 4.78 is 0. The van der Waals surface area contributed by atoms with Crippen molar-refractivity contribution < 1.29 is 19.5 Å². The second-order valence-electron chi connectivity index (χ2n) is 4.03. The molecule has 0 unspecified atom stereocenters. The van der Waals surface area contributed by atoms with E-state index in [1.165, 1.54) is 6.07 Å². The molecular formula is C12H12N2O4S. The number of imide groups is 1. The molecule has 1 saturated heterocycles. The highest BCUT2D eigenvalue weighted by Crippen LogP contribution is 2.24. The molecule has 1 fully saturated rings. The van der Waals surface area contributed by atoms with Crippen LogP contribution in [0.25, 0.3) is 0 Å². The minimum atomic E-state index is -1.17. The molecule has 0 bridgehead atoms. The first kappa shape index (κ1) is 13.4. The van der Waals surface area contributed by atoms with Gasteiger partial charge in [-0.1, -0.05) is 23.9 Å². The van der Waals surface area contributed by atoms with Gasteiger partial charge in [0, 0.05) is 17.9 Å². The lowest BCUT2D eigenvalue weighted by Gasteiger charge is -2.24. The highest BCUT2D eigenvalue weighted by atomic mass is 32.2. The van der Waals surface area contributed by atoms with Gasteiger partial charge in [-0.25, -0.2) is 4.79 Å². The number of anilines is 1. The summed E-state index contributed by atoms with van der Waals surface area (Å²) in [6, 6.07) is 4.63. The van der Waals surface area contributed by atoms with Crippen LogP contribution in [0.15, 0.2) is 18.2 Å². The smallest absolute Gasteiger partial charge is 0.338 e. The number of aromatic carboxylic acids is 1. The summed E-state index contributed by atoms with van der Waals surface area (Å²) in [5.74, 6) is -0.989. The van der Waals surface area contributed by atoms with E-state index in [0.29, 0.717) is 11.3 Å². The van der Waals surface area contributed by atoms with Crippen molar-refractivity contribution in [3.8, 4) is 0 Å². The number of thioether (sulfide) groups is 1. The lowest BCUT2D eigenvalue weighted by atomic mass is 10.0. The fraction of sp³-hybridized carbons (Fsp3) is 0.250. The summed E-state index contributed by atoms with van der Waals surface area (Å²) in [6.07, 6.45) is 0.279. The highest BCUT2D eigenvalue weighted by Gasteiger charge is 2.28. The maximum atomic E-state index is 11.7. The first-order chi connectivity index (χ1) is 9.00. The molecular weight excluding hydrogens is 268 g/mol. The van der Waals surface area contributed by atoms with Crippen molar-refractivity contribution in [3.05, 3.63) is 29.3 Å². The third kappa shape index (κ3) is 2.70. The largest absolute Gasteiger partial charge is 0.478 e. The van der Waals surface area contributed by atoms with Crippen LogP contribution in [0.2, 0.25) is 0 Å². The first-order valence-electron chi connectivity index (χ1n) is 5.58. The van der Waals surface area contributed by atoms with Crippen LogP contribution in [0, 0.1) is 0 Å². The maximum Gasteiger partial charge on any atom is 0.338 e. The monoisotopic (exact) mass is 280 g/mol. The highest BCUT2D eigenvalue weighted by molar-refractivity contribution is 8.13. The minimum absolute atomic E-state index is 0.0568. The Balaban J connectivity index is 2.33. The second kappa shape index (κ2) is 5.31. The van der Waals surface area contributed by atoms with Crippen LogP contribution in [0.3, 0.4) is 0 Å². The van der Waals surface area contributed by atoms with E-state index < -0.39 is 5.97 Å². The van der Waals surface area contributed by atoms with Crippen LogP contribution in [-0.4, -0.2) is 32.9 Å². The molecule has 1 aromatic rings. The zero-order valence-electron chi connectivity index (χ0n) is 9.96. The Bertz CT molecular complexity index is 543. The molecule has 1 aliphatic rings. The molecule has 100 valence electrons. The number of hydrogen-bond donors (Lipinski definition) is 2. The lowest BCUT2D eigenvalue weighted by Crippen LogP contribution is -2.37. The molecule has 1 aromatic carbocycles. The normalized spacial score (nSPS) is 15.7. The Kier molecular flexibility index (Phi) is 3.75. The van der Waals surface area contributed by atoms with Crippen LogP contribution in [-0.2, 0) is 11.3 Å². The van der Waals surface area contributed by atoms with Crippen LogP contribution in [0.1, 0.15) is 22.3 Å². The van der Waals surface area contributed by atoms with Crippen molar-refractivity contribution in [1.29, 1.82) is 0 Å². The van der Waals surface area contributed by atoms with Gasteiger partial charge in [-0.15, -0.1) is 0 Å². The number of carbonyl (C=O) groups is 3. The van der Waals surface area contributed by atoms with Crippen LogP contribution < -0.4 is 5.73 Å². The number of amides is 2. The van der Waals surface area contributed by atoms with E-state index in [0.717, 1.165) is 16.7 Å². The first-order valence-corrected chi connectivity index (χ1v) is 6.57. The standard InChI is InChI=1S/C12H12N2O4S/c13-8-3-1-2-7(10(8)11(16)17)6-14-9(15)4-5-19-12(14)18/h1-3H,4-6,13H2,(H,16,17). The van der Waals surface area contributed by atoms with E-state index in [9.17, 15) is 14.4 Å². The van der Waals surface area contributed by atoms with E-state index in [1.54, 1.807) is 12.1 Å². The van der Waals surface area contributed by atoms with E-state index in [1.807, 2.05) is 0 Å². The lowest BCUT2D eigenvalue weighted by molar-refractivity contribution is -0.128. The van der Waals surface area contributed by atoms with E-state index in [4.69, 9.17) is 10.8 Å². The number of carbonyl (C=O) groups excluding carboxylic acids is 2. The molecule has 0 aliphatic carbocycles. The molecule has 0 atom stereocenters. The Labute approximate surface area is 113 Å². The zero-order valence-corrected chi connectivity index (χ0v) is 10.8. The summed E-state index contributed by atoms with van der Waals surface area (Å²) in [7, 11) is 0. The Hall–Kier alpha value is -2.02. The Morgan fingerprint density at radius 3 is 2.79 bits per heavy atom. The van der Waals surface area contributed by atoms with E-state index in [-0.39, 0.29) is 35.4 Å². The summed E-state index contributed by atoms with van der Waals surface area (Å²) in [5, 5.41) is 8.78. The third-order valence-electron chi connectivity index (χ3n) is 2.79. The number of nitrogens with zero attached hydrogens (tertiary/aromatic N) is 1. The summed E-state index contributed by atoms with van der Waals surface area (Å²) in [5.41, 5.74) is 6.04. The van der Waals surface area contributed by atoms with Gasteiger partial charge in [-0.2, -0.15) is 0 Å². The van der Waals surface area contributed by atoms with Gasteiger partial charge >= 0.3 is 5.97 Å². The van der Waals surface area contributed by atoms with Crippen LogP contribution >= 0.6 is 11.8 Å². The maximum absolute atomic E-state index is 11.7. The molecule has 7 heteroatoms. The SMILES string of the molecule is Nc1cccc(CN2C(=O)CCSC2=O)c1C(=O)O. The molecule has 19 heavy (non-hydrogen) atoms. The molecule has 0 aromatic heterocycles. The number of nitrogen functional groups attached to an aromatic ring is 1. The number of rotatable bonds is 3. The number of carboxylic acids is 1. The molecule has 0 spiro atoms. The van der Waals surface area contributed by atoms with Crippen LogP contribution in [0.5, 0.6) is 0 Å². The average Bonchev–Trinajstić information content (AvgIpc) is 2.33. The van der Waals surface area contributed by atoms with Crippen molar-refractivity contribution in [2.24, 2.45) is 0 Å². The minimum Gasteiger partial charge on any atom is -0.478 e. The quantitative estimate of drug-likeness (QED) is 0.815. The molecule has 6 nitrogen and oxygen atoms in total. The van der Waals surface area contributed by atoms with Crippen molar-refractivity contribution in [2.75, 3.05) is 11.5 Å². The fourth-order valence-corrected chi connectivity index (χ4v) is 2.65. The van der Waals surface area contributed by atoms with Gasteiger partial charge in [-0.3, -0.25) is 14.5 Å². The van der Waals surface area contributed by atoms with Gasteiger partial charge in [0.05, 0.1) is 12.1 Å². The predicted octanol–water partition coefficient (Wildman–Crippen LogP) is 1.55. The van der Waals surface area contributed by atoms with E-state index in [2.05, 4.69) is 0 Å². The third-order valence-corrected chi connectivity index (χ3v) is 3.66. The second-order valence-corrected chi connectivity index (χ2v) is 5.08. The van der Waals surface area contributed by atoms with Gasteiger partial charge in [0.1, 0.15) is 0 Å². The average molecular weight is 280 g/mol. The number of benzene rings is 1. The molecule has 2 rings (SSSR count). The van der Waals surface area contributed by atoms with Crippen molar-refractivity contribution >= 4 is 34.6 Å². The van der Waals surface area contributed by atoms with Crippen molar-refractivity contribution in [2.45, 2.75) is 13.0 Å². The summed E-state index contributed by atoms with van der Waals surface area (Å²) in [6.45, 7) is -0.0582. The molecule has 2 amide bonds. The number of carboxylic acid groups (broad SMARTS) is 1. The predicted molar refractivity (Wildman–Crippen MR) is 70.8 cm³/mol. The topological polar surface area (TPSA) is 101 Å². The summed E-state index contributed by atoms with van der Waals surface area (Å²) in [4.78, 5) is 35.6. The van der Waals surface area contributed by atoms with Gasteiger partial charge < -0.3 is 10.8 Å². The Morgan fingerprint density at radius 2 is 2.16 bits per heavy atom. The van der Waals surface area contributed by atoms with Crippen molar-refractivity contribution in [3.63, 3.8) is 0 Å². The fourth-order valence-electron chi connectivity index (χ4n) is 1.88. The Morgan fingerprint density at radius 1 is 1.42 bits per heavy atom. The number of nitrogens with two attached hydrogens (primary N) is 1. The summed E-state index contributed by atoms with van der Waals surface area (Å²) >= 11 is 1.06.